The number of fused-ring (bicyclic) bond motifs is 2. The second kappa shape index (κ2) is 24.9. The first-order valence-corrected chi connectivity index (χ1v) is 26.0. The molecule has 0 saturated heterocycles. The Bertz CT molecular complexity index is 2800. The van der Waals surface area contributed by atoms with Gasteiger partial charge in [0.15, 0.2) is 5.78 Å². The minimum absolute atomic E-state index is 0. The number of rotatable bonds is 12. The van der Waals surface area contributed by atoms with E-state index in [0.717, 1.165) is 68.2 Å². The smallest absolute Gasteiger partial charge is 0.246 e. The fourth-order valence-corrected chi connectivity index (χ4v) is 10.1. The minimum Gasteiger partial charge on any atom is -0.512 e. The van der Waals surface area contributed by atoms with E-state index in [1.54, 1.807) is 6.92 Å². The predicted molar refractivity (Wildman–Crippen MR) is 290 cm³/mol. The van der Waals surface area contributed by atoms with Gasteiger partial charge in [0.2, 0.25) is 5.92 Å². The summed E-state index contributed by atoms with van der Waals surface area (Å²) in [5.41, 5.74) is 10.6. The number of nitrogens with zero attached hydrogens (tertiary/aromatic N) is 2. The number of aromatic nitrogens is 2. The molecule has 2 fully saturated rings. The molecule has 4 nitrogen and oxygen atoms in total. The van der Waals surface area contributed by atoms with Crippen molar-refractivity contribution in [3.63, 3.8) is 0 Å². The first kappa shape index (κ1) is 51.3. The van der Waals surface area contributed by atoms with Gasteiger partial charge in [-0.1, -0.05) is 138 Å². The van der Waals surface area contributed by atoms with Crippen LogP contribution in [-0.2, 0) is 35.7 Å². The Labute approximate surface area is 445 Å². The monoisotopic (exact) mass is 1140 g/mol. The number of pyridine rings is 2. The summed E-state index contributed by atoms with van der Waals surface area (Å²) < 4.78 is 59.3. The van der Waals surface area contributed by atoms with Crippen LogP contribution in [0.1, 0.15) is 197 Å². The molecule has 2 aliphatic rings. The molecule has 7 heteroatoms. The Kier molecular flexibility index (Phi) is 18.0. The maximum absolute atomic E-state index is 12.9. The number of benzene rings is 4. The van der Waals surface area contributed by atoms with Gasteiger partial charge in [-0.3, -0.25) is 4.79 Å². The van der Waals surface area contributed by atoms with Crippen LogP contribution in [-0.4, -0.2) is 26.8 Å². The molecule has 2 saturated carbocycles. The number of aryl methyl sites for hydroxylation is 2. The second-order valence-electron chi connectivity index (χ2n) is 22.3. The summed E-state index contributed by atoms with van der Waals surface area (Å²) in [7, 11) is 0. The Morgan fingerprint density at radius 3 is 1.42 bits per heavy atom. The van der Waals surface area contributed by atoms with Gasteiger partial charge in [0.25, 0.3) is 0 Å². The molecule has 0 spiro atoms. The Hall–Kier alpha value is -4.58. The normalized spacial score (nSPS) is 16.1. The van der Waals surface area contributed by atoms with Gasteiger partial charge in [0.05, 0.1) is 11.2 Å². The molecule has 1 radical (unpaired) electrons. The fraction of sp³-hybridized carbons (Fsp3) is 0.484. The number of hydrogen-bond acceptors (Lipinski definition) is 4. The van der Waals surface area contributed by atoms with Crippen LogP contribution < -0.4 is 0 Å². The molecule has 0 aliphatic heterocycles. The third-order valence-corrected chi connectivity index (χ3v) is 14.4. The second-order valence-corrected chi connectivity index (χ2v) is 22.3. The Morgan fingerprint density at radius 1 is 0.676 bits per heavy atom. The van der Waals surface area contributed by atoms with E-state index in [4.69, 9.17) is 5.48 Å². The van der Waals surface area contributed by atoms with Crippen molar-refractivity contribution in [2.75, 3.05) is 0 Å². The standard InChI is InChI=1S/2C25H28N.C14H24F2O2.Ir/c2*1-17-13-21(16-22(14-17)25(2,3)4)24-23-10-9-19(18-7-5-6-8-18)15-20(23)11-12-26-24;1-5-10(6-2)12(17)8-13(18)11(7-3)9-14(4,15)16;/h2*9-12,14-16,18H,5-8H2,1-4H3;8,10-11,18H,5-7,9H2,1-4H3;/q2*-1;;/b;;13-8-;/i2*11D,12D;;. The molecule has 2 aromatic heterocycles. The van der Waals surface area contributed by atoms with Crippen LogP contribution in [0.2, 0.25) is 0 Å². The molecule has 0 amide bonds. The third kappa shape index (κ3) is 15.5. The molecule has 8 rings (SSSR count). The van der Waals surface area contributed by atoms with Crippen LogP contribution in [0.25, 0.3) is 44.1 Å². The van der Waals surface area contributed by atoms with E-state index in [0.29, 0.717) is 31.1 Å². The zero-order valence-electron chi connectivity index (χ0n) is 48.5. The molecule has 2 aliphatic carbocycles. The quantitative estimate of drug-likeness (QED) is 0.0753. The fourth-order valence-electron chi connectivity index (χ4n) is 10.1. The zero-order chi connectivity index (χ0) is 54.4. The van der Waals surface area contributed by atoms with Crippen LogP contribution in [0, 0.1) is 37.8 Å². The maximum atomic E-state index is 12.9. The zero-order valence-corrected chi connectivity index (χ0v) is 46.9. The van der Waals surface area contributed by atoms with Crippen molar-refractivity contribution in [2.24, 2.45) is 11.8 Å². The van der Waals surface area contributed by atoms with E-state index in [-0.39, 0.29) is 72.8 Å². The largest absolute Gasteiger partial charge is 0.512 e. The number of halogens is 2. The number of allylic oxidation sites excluding steroid dienone is 2. The predicted octanol–water partition coefficient (Wildman–Crippen LogP) is 18.4. The summed E-state index contributed by atoms with van der Waals surface area (Å²) >= 11 is 0. The van der Waals surface area contributed by atoms with Gasteiger partial charge in [-0.05, 0) is 131 Å². The van der Waals surface area contributed by atoms with Crippen LogP contribution >= 0.6 is 0 Å². The van der Waals surface area contributed by atoms with Crippen LogP contribution in [0.4, 0.5) is 8.78 Å². The average molecular weight is 1140 g/mol. The molecule has 2 heterocycles. The molecular formula is C64H80F2IrN2O2-2. The Morgan fingerprint density at radius 2 is 1.07 bits per heavy atom. The number of alkyl halides is 2. The van der Waals surface area contributed by atoms with Gasteiger partial charge in [-0.15, -0.1) is 69.8 Å². The number of carbonyl (C=O) groups is 1. The molecule has 1 atom stereocenters. The van der Waals surface area contributed by atoms with E-state index in [1.165, 1.54) is 73.6 Å². The summed E-state index contributed by atoms with van der Waals surface area (Å²) in [6.07, 6.45) is 12.6. The summed E-state index contributed by atoms with van der Waals surface area (Å²) in [6, 6.07) is 28.8. The van der Waals surface area contributed by atoms with E-state index in [9.17, 15) is 18.7 Å². The average Bonchev–Trinajstić information content (AvgIpc) is 4.09. The first-order valence-electron chi connectivity index (χ1n) is 28.0. The minimum atomic E-state index is -2.83. The van der Waals surface area contributed by atoms with Crippen molar-refractivity contribution < 1.29 is 44.3 Å². The molecule has 71 heavy (non-hydrogen) atoms. The maximum Gasteiger partial charge on any atom is 0.246 e. The van der Waals surface area contributed by atoms with Crippen LogP contribution in [0.5, 0.6) is 0 Å². The molecule has 4 aromatic carbocycles. The van der Waals surface area contributed by atoms with Crippen LogP contribution in [0.3, 0.4) is 0 Å². The number of ketones is 1. The SMILES string of the molecule is CCC(CC)C(=O)/C=C(\O)C(CC)CC(C)(F)F.[2H]c1nc(-c2[c-]c(C)cc(C(C)(C)C)c2)c2ccc(C3CCCC3)cc2c1[2H].[2H]c1nc(-c2[c-]c(C)cc(C(C)(C)C)c2)c2ccc(C3CCCC3)cc2c1[2H].[Ir]. The summed E-state index contributed by atoms with van der Waals surface area (Å²) in [6.45, 7) is 23.7. The van der Waals surface area contributed by atoms with Gasteiger partial charge < -0.3 is 15.1 Å². The van der Waals surface area contributed by atoms with E-state index in [2.05, 4.69) is 138 Å². The van der Waals surface area contributed by atoms with Crippen molar-refractivity contribution in [1.29, 1.82) is 0 Å². The number of aliphatic hydroxyl groups is 1. The van der Waals surface area contributed by atoms with Crippen molar-refractivity contribution in [3.05, 3.63) is 142 Å². The van der Waals surface area contributed by atoms with Gasteiger partial charge >= 0.3 is 0 Å². The third-order valence-electron chi connectivity index (χ3n) is 14.4. The van der Waals surface area contributed by atoms with Crippen molar-refractivity contribution in [1.82, 2.24) is 9.97 Å². The van der Waals surface area contributed by atoms with Crippen molar-refractivity contribution in [3.8, 4) is 22.5 Å². The molecule has 383 valence electrons. The summed E-state index contributed by atoms with van der Waals surface area (Å²) in [5.74, 6) is -2.82. The van der Waals surface area contributed by atoms with Crippen molar-refractivity contribution >= 4 is 27.3 Å². The molecular weight excluding hydrogens is 1060 g/mol. The number of carbonyl (C=O) groups excluding carboxylic acids is 1. The van der Waals surface area contributed by atoms with Gasteiger partial charge in [0, 0.05) is 56.8 Å². The first-order chi connectivity index (χ1) is 34.7. The molecule has 6 aromatic rings. The van der Waals surface area contributed by atoms with Crippen molar-refractivity contribution in [2.45, 2.75) is 189 Å². The molecule has 1 N–H and O–H groups in total. The molecule has 0 bridgehead atoms. The van der Waals surface area contributed by atoms with E-state index < -0.39 is 18.3 Å². The van der Waals surface area contributed by atoms with Gasteiger partial charge in [-0.2, -0.15) is 0 Å². The van der Waals surface area contributed by atoms with E-state index in [1.807, 2.05) is 13.8 Å². The van der Waals surface area contributed by atoms with Crippen LogP contribution in [0.15, 0.2) is 96.9 Å². The molecule has 1 unspecified atom stereocenters. The Balaban J connectivity index is 0.000000213. The number of hydrogen-bond donors (Lipinski definition) is 1. The summed E-state index contributed by atoms with van der Waals surface area (Å²) in [4.78, 5) is 20.8. The topological polar surface area (TPSA) is 63.1 Å². The van der Waals surface area contributed by atoms with Gasteiger partial charge in [0.1, 0.15) is 0 Å². The number of aliphatic hydroxyl groups excluding tert-OH is 1. The van der Waals surface area contributed by atoms with E-state index >= 15 is 0 Å². The van der Waals surface area contributed by atoms with Gasteiger partial charge in [-0.25, -0.2) is 8.78 Å². The summed E-state index contributed by atoms with van der Waals surface area (Å²) in [5, 5.41) is 13.4.